The molecular formula is C16H22OSi. The Hall–Kier alpha value is -1.54. The molecule has 0 unspecified atom stereocenters. The quantitative estimate of drug-likeness (QED) is 0.769. The number of aryl methyl sites for hydroxylation is 2. The molecule has 1 nitrogen and oxygen atoms in total. The van der Waals surface area contributed by atoms with E-state index in [1.165, 1.54) is 11.1 Å². The van der Waals surface area contributed by atoms with Crippen molar-refractivity contribution in [3.8, 4) is 5.75 Å². The van der Waals surface area contributed by atoms with Crippen LogP contribution in [0, 0.1) is 0 Å². The molecule has 2 aromatic rings. The summed E-state index contributed by atoms with van der Waals surface area (Å²) >= 11 is 0. The Balaban J connectivity index is 0.000000184. The molecule has 0 saturated heterocycles. The average molecular weight is 258 g/mol. The largest absolute Gasteiger partial charge is 0.553 e. The first-order chi connectivity index (χ1) is 8.81. The van der Waals surface area contributed by atoms with Crippen molar-refractivity contribution in [3.05, 3.63) is 65.7 Å². The van der Waals surface area contributed by atoms with Crippen molar-refractivity contribution in [1.29, 1.82) is 0 Å². The van der Waals surface area contributed by atoms with Gasteiger partial charge in [0, 0.05) is 0 Å². The van der Waals surface area contributed by atoms with Crippen LogP contribution >= 0.6 is 0 Å². The third-order valence-corrected chi connectivity index (χ3v) is 3.33. The Labute approximate surface area is 113 Å². The molecule has 0 heterocycles. The summed E-state index contributed by atoms with van der Waals surface area (Å²) in [6, 6.07) is 18.4. The van der Waals surface area contributed by atoms with Gasteiger partial charge in [0.1, 0.15) is 5.75 Å². The number of rotatable bonds is 3. The fourth-order valence-electron chi connectivity index (χ4n) is 1.80. The van der Waals surface area contributed by atoms with Gasteiger partial charge in [0.2, 0.25) is 10.5 Å². The van der Waals surface area contributed by atoms with Crippen molar-refractivity contribution in [2.45, 2.75) is 26.7 Å². The highest BCUT2D eigenvalue weighted by atomic mass is 28.2. The van der Waals surface area contributed by atoms with Gasteiger partial charge in [0.15, 0.2) is 0 Å². The molecule has 2 aromatic carbocycles. The summed E-state index contributed by atoms with van der Waals surface area (Å²) in [5.41, 5.74) is 2.98. The number of hydrogen-bond donors (Lipinski definition) is 0. The molecule has 2 rings (SSSR count). The van der Waals surface area contributed by atoms with Crippen molar-refractivity contribution in [2.75, 3.05) is 0 Å². The first kappa shape index (κ1) is 14.5. The van der Waals surface area contributed by atoms with Crippen molar-refractivity contribution in [2.24, 2.45) is 0 Å². The Morgan fingerprint density at radius 2 is 1.22 bits per heavy atom. The zero-order chi connectivity index (χ0) is 13.2. The molecule has 0 radical (unpaired) electrons. The highest BCUT2D eigenvalue weighted by molar-refractivity contribution is 5.99. The van der Waals surface area contributed by atoms with Gasteiger partial charge >= 0.3 is 0 Å². The van der Waals surface area contributed by atoms with Crippen LogP contribution in [0.5, 0.6) is 5.75 Å². The van der Waals surface area contributed by atoms with E-state index in [9.17, 15) is 0 Å². The fourth-order valence-corrected chi connectivity index (χ4v) is 2.08. The monoisotopic (exact) mass is 258 g/mol. The van der Waals surface area contributed by atoms with Crippen molar-refractivity contribution >= 4 is 10.5 Å². The van der Waals surface area contributed by atoms with Crippen LogP contribution in [0.4, 0.5) is 0 Å². The van der Waals surface area contributed by atoms with Gasteiger partial charge in [-0.25, -0.2) is 0 Å². The molecular weight excluding hydrogens is 236 g/mol. The van der Waals surface area contributed by atoms with E-state index in [4.69, 9.17) is 4.43 Å². The predicted octanol–water partition coefficient (Wildman–Crippen LogP) is 3.16. The van der Waals surface area contributed by atoms with Crippen molar-refractivity contribution < 1.29 is 4.43 Å². The zero-order valence-electron chi connectivity index (χ0n) is 11.5. The van der Waals surface area contributed by atoms with Crippen LogP contribution in [0.15, 0.2) is 54.6 Å². The van der Waals surface area contributed by atoms with E-state index in [2.05, 4.69) is 38.1 Å². The minimum absolute atomic E-state index is 0.777. The molecule has 0 spiro atoms. The van der Waals surface area contributed by atoms with Crippen LogP contribution in [0.3, 0.4) is 0 Å². The van der Waals surface area contributed by atoms with Crippen LogP contribution in [0.1, 0.15) is 25.0 Å². The molecule has 0 aromatic heterocycles. The van der Waals surface area contributed by atoms with E-state index >= 15 is 0 Å². The van der Waals surface area contributed by atoms with Gasteiger partial charge in [0.05, 0.1) is 0 Å². The van der Waals surface area contributed by atoms with Crippen LogP contribution in [-0.4, -0.2) is 10.5 Å². The molecule has 2 heteroatoms. The minimum Gasteiger partial charge on any atom is -0.553 e. The van der Waals surface area contributed by atoms with E-state index in [1.807, 2.05) is 30.3 Å². The van der Waals surface area contributed by atoms with Gasteiger partial charge < -0.3 is 4.43 Å². The fraction of sp³-hybridized carbons (Fsp3) is 0.250. The average Bonchev–Trinajstić information content (AvgIpc) is 2.48. The second-order valence-corrected chi connectivity index (χ2v) is 4.40. The Morgan fingerprint density at radius 3 is 1.56 bits per heavy atom. The van der Waals surface area contributed by atoms with Crippen molar-refractivity contribution in [1.82, 2.24) is 0 Å². The molecule has 0 aliphatic heterocycles. The lowest BCUT2D eigenvalue weighted by atomic mass is 10.0. The summed E-state index contributed by atoms with van der Waals surface area (Å²) in [6.07, 6.45) is 2.31. The Morgan fingerprint density at radius 1 is 0.778 bits per heavy atom. The van der Waals surface area contributed by atoms with E-state index in [-0.39, 0.29) is 0 Å². The second kappa shape index (κ2) is 8.53. The lowest BCUT2D eigenvalue weighted by Gasteiger charge is -2.02. The molecule has 18 heavy (non-hydrogen) atoms. The van der Waals surface area contributed by atoms with Gasteiger partial charge in [-0.05, 0) is 36.1 Å². The molecule has 96 valence electrons. The summed E-state index contributed by atoms with van der Waals surface area (Å²) in [5, 5.41) is 0. The van der Waals surface area contributed by atoms with Crippen molar-refractivity contribution in [3.63, 3.8) is 0 Å². The smallest absolute Gasteiger partial charge is 0.204 e. The summed E-state index contributed by atoms with van der Waals surface area (Å²) in [4.78, 5) is 0. The molecule has 0 N–H and O–H groups in total. The topological polar surface area (TPSA) is 9.23 Å². The summed E-state index contributed by atoms with van der Waals surface area (Å²) in [6.45, 7) is 4.41. The molecule has 0 bridgehead atoms. The highest BCUT2D eigenvalue weighted by Gasteiger charge is 1.93. The summed E-state index contributed by atoms with van der Waals surface area (Å²) < 4.78 is 5.05. The minimum atomic E-state index is 0.777. The summed E-state index contributed by atoms with van der Waals surface area (Å²) in [5.74, 6) is 0.971. The van der Waals surface area contributed by atoms with Crippen LogP contribution in [-0.2, 0) is 12.8 Å². The van der Waals surface area contributed by atoms with Crippen LogP contribution in [0.25, 0.3) is 0 Å². The Bertz CT molecular complexity index is 417. The molecule has 0 amide bonds. The van der Waals surface area contributed by atoms with Gasteiger partial charge in [-0.3, -0.25) is 0 Å². The molecule has 0 atom stereocenters. The maximum Gasteiger partial charge on any atom is 0.204 e. The SMILES string of the molecule is CCc1ccccc1CC.[SiH3]Oc1ccccc1. The normalized spacial score (nSPS) is 9.44. The van der Waals surface area contributed by atoms with Crippen LogP contribution < -0.4 is 4.43 Å². The lowest BCUT2D eigenvalue weighted by Crippen LogP contribution is -1.88. The highest BCUT2D eigenvalue weighted by Crippen LogP contribution is 2.09. The van der Waals surface area contributed by atoms with Gasteiger partial charge in [-0.2, -0.15) is 0 Å². The van der Waals surface area contributed by atoms with Gasteiger partial charge in [0.25, 0.3) is 0 Å². The number of benzene rings is 2. The first-order valence-corrected chi connectivity index (χ1v) is 7.29. The predicted molar refractivity (Wildman–Crippen MR) is 82.2 cm³/mol. The zero-order valence-corrected chi connectivity index (χ0v) is 13.5. The first-order valence-electron chi connectivity index (χ1n) is 6.47. The number of para-hydroxylation sites is 1. The lowest BCUT2D eigenvalue weighted by molar-refractivity contribution is 0.616. The molecule has 0 aliphatic carbocycles. The third kappa shape index (κ3) is 4.76. The van der Waals surface area contributed by atoms with Crippen LogP contribution in [0.2, 0.25) is 0 Å². The Kier molecular flexibility index (Phi) is 6.88. The van der Waals surface area contributed by atoms with Gasteiger partial charge in [-0.1, -0.05) is 56.3 Å². The van der Waals surface area contributed by atoms with E-state index in [0.717, 1.165) is 29.1 Å². The third-order valence-electron chi connectivity index (χ3n) is 2.86. The molecule has 0 fully saturated rings. The molecule has 0 saturated carbocycles. The maximum atomic E-state index is 5.05. The standard InChI is InChI=1S/C10H14.C6H8OSi/c1-3-9-7-5-6-8-10(9)4-2;8-7-6-4-2-1-3-5-6/h5-8H,3-4H2,1-2H3;1-5H,8H3. The van der Waals surface area contributed by atoms with E-state index in [1.54, 1.807) is 0 Å². The number of hydrogen-bond acceptors (Lipinski definition) is 1. The summed E-state index contributed by atoms with van der Waals surface area (Å²) in [7, 11) is 0.777. The van der Waals surface area contributed by atoms with E-state index in [0.29, 0.717) is 0 Å². The van der Waals surface area contributed by atoms with Gasteiger partial charge in [-0.15, -0.1) is 0 Å². The maximum absolute atomic E-state index is 5.05. The molecule has 0 aliphatic rings. The second-order valence-electron chi connectivity index (χ2n) is 3.99. The van der Waals surface area contributed by atoms with E-state index < -0.39 is 0 Å².